The maximum Gasteiger partial charge on any atom is 0.245 e. The lowest BCUT2D eigenvalue weighted by Gasteiger charge is -2.38. The normalized spacial score (nSPS) is 19.0. The van der Waals surface area contributed by atoms with E-state index >= 15 is 0 Å². The van der Waals surface area contributed by atoms with Crippen LogP contribution in [0.5, 0.6) is 0 Å². The van der Waals surface area contributed by atoms with Crippen LogP contribution < -0.4 is 10.2 Å². The first kappa shape index (κ1) is 12.9. The lowest BCUT2D eigenvalue weighted by atomic mass is 9.90. The molecule has 2 aromatic rings. The number of fused-ring (bicyclic) bond motifs is 1. The molecule has 3 heterocycles. The van der Waals surface area contributed by atoms with E-state index in [1.807, 2.05) is 29.9 Å². The van der Waals surface area contributed by atoms with Crippen LogP contribution in [0, 0.1) is 0 Å². The van der Waals surface area contributed by atoms with Crippen LogP contribution in [0.4, 0.5) is 5.95 Å². The monoisotopic (exact) mass is 323 g/mol. The summed E-state index contributed by atoms with van der Waals surface area (Å²) in [7, 11) is 2.04. The molecule has 0 amide bonds. The summed E-state index contributed by atoms with van der Waals surface area (Å²) >= 11 is 3.51. The van der Waals surface area contributed by atoms with Gasteiger partial charge in [-0.05, 0) is 54.9 Å². The maximum atomic E-state index is 4.62. The van der Waals surface area contributed by atoms with E-state index in [-0.39, 0.29) is 5.54 Å². The Morgan fingerprint density at radius 1 is 1.37 bits per heavy atom. The zero-order valence-electron chi connectivity index (χ0n) is 11.2. The summed E-state index contributed by atoms with van der Waals surface area (Å²) in [4.78, 5) is 6.88. The van der Waals surface area contributed by atoms with E-state index in [4.69, 9.17) is 0 Å². The fraction of sp³-hybridized carbons (Fsp3) is 0.538. The molecule has 0 saturated carbocycles. The van der Waals surface area contributed by atoms with Crippen molar-refractivity contribution >= 4 is 27.5 Å². The largest absolute Gasteiger partial charge is 0.339 e. The van der Waals surface area contributed by atoms with Crippen molar-refractivity contribution in [3.8, 4) is 0 Å². The minimum Gasteiger partial charge on any atom is -0.339 e. The van der Waals surface area contributed by atoms with Crippen LogP contribution in [-0.2, 0) is 0 Å². The van der Waals surface area contributed by atoms with E-state index < -0.39 is 0 Å². The van der Waals surface area contributed by atoms with E-state index in [0.717, 1.165) is 42.0 Å². The molecule has 102 valence electrons. The van der Waals surface area contributed by atoms with Crippen molar-refractivity contribution in [2.45, 2.75) is 25.3 Å². The quantitative estimate of drug-likeness (QED) is 0.919. The molecule has 0 bridgehead atoms. The molecular weight excluding hydrogens is 306 g/mol. The molecule has 0 aliphatic carbocycles. The lowest BCUT2D eigenvalue weighted by molar-refractivity contribution is 0.303. The van der Waals surface area contributed by atoms with Crippen molar-refractivity contribution < 1.29 is 0 Å². The minimum atomic E-state index is 0.246. The first-order valence-corrected chi connectivity index (χ1v) is 7.35. The van der Waals surface area contributed by atoms with Gasteiger partial charge in [0.1, 0.15) is 0 Å². The van der Waals surface area contributed by atoms with Crippen LogP contribution in [0.25, 0.3) is 5.65 Å². The second-order valence-electron chi connectivity index (χ2n) is 5.33. The summed E-state index contributed by atoms with van der Waals surface area (Å²) in [5, 5.41) is 7.96. The van der Waals surface area contributed by atoms with Gasteiger partial charge in [0.2, 0.25) is 5.95 Å². The SMILES string of the molecule is CNC1(C)CCN(c2nc3c(Br)cccn3n2)CC1. The van der Waals surface area contributed by atoms with Gasteiger partial charge in [0.05, 0.1) is 4.47 Å². The number of rotatable bonds is 2. The van der Waals surface area contributed by atoms with Gasteiger partial charge < -0.3 is 10.2 Å². The van der Waals surface area contributed by atoms with Crippen LogP contribution in [0.2, 0.25) is 0 Å². The molecule has 1 fully saturated rings. The number of hydrogen-bond acceptors (Lipinski definition) is 4. The van der Waals surface area contributed by atoms with Crippen molar-refractivity contribution in [3.63, 3.8) is 0 Å². The van der Waals surface area contributed by atoms with E-state index in [1.165, 1.54) is 0 Å². The highest BCUT2D eigenvalue weighted by Crippen LogP contribution is 2.25. The van der Waals surface area contributed by atoms with Gasteiger partial charge in [-0.3, -0.25) is 0 Å². The molecule has 1 aliphatic heterocycles. The molecule has 0 atom stereocenters. The number of halogens is 1. The van der Waals surface area contributed by atoms with E-state index in [2.05, 4.69) is 43.2 Å². The first-order valence-electron chi connectivity index (χ1n) is 6.56. The van der Waals surface area contributed by atoms with Crippen LogP contribution in [0.3, 0.4) is 0 Å². The third-order valence-corrected chi connectivity index (χ3v) is 4.68. The Morgan fingerprint density at radius 3 is 2.74 bits per heavy atom. The Morgan fingerprint density at radius 2 is 2.11 bits per heavy atom. The molecule has 0 radical (unpaired) electrons. The van der Waals surface area contributed by atoms with Gasteiger partial charge in [0, 0.05) is 24.8 Å². The Hall–Kier alpha value is -1.14. The van der Waals surface area contributed by atoms with Crippen molar-refractivity contribution in [1.29, 1.82) is 0 Å². The van der Waals surface area contributed by atoms with Gasteiger partial charge in [0.25, 0.3) is 0 Å². The van der Waals surface area contributed by atoms with E-state index in [0.29, 0.717) is 0 Å². The van der Waals surface area contributed by atoms with Gasteiger partial charge in [-0.2, -0.15) is 4.98 Å². The molecule has 1 saturated heterocycles. The maximum absolute atomic E-state index is 4.62. The number of pyridine rings is 1. The Labute approximate surface area is 121 Å². The summed E-state index contributed by atoms with van der Waals surface area (Å²) in [6, 6.07) is 3.95. The molecule has 0 aromatic carbocycles. The van der Waals surface area contributed by atoms with Crippen molar-refractivity contribution in [2.75, 3.05) is 25.0 Å². The number of anilines is 1. The summed E-state index contributed by atoms with van der Waals surface area (Å²) in [5.41, 5.74) is 1.12. The number of nitrogens with one attached hydrogen (secondary N) is 1. The smallest absolute Gasteiger partial charge is 0.245 e. The summed E-state index contributed by atoms with van der Waals surface area (Å²) < 4.78 is 2.80. The molecule has 2 aromatic heterocycles. The minimum absolute atomic E-state index is 0.246. The van der Waals surface area contributed by atoms with Gasteiger partial charge in [-0.25, -0.2) is 4.52 Å². The van der Waals surface area contributed by atoms with Crippen LogP contribution in [-0.4, -0.2) is 40.3 Å². The lowest BCUT2D eigenvalue weighted by Crippen LogP contribution is -2.50. The standard InChI is InChI=1S/C13H18BrN5/c1-13(15-2)5-8-18(9-6-13)12-16-11-10(14)4-3-7-19(11)17-12/h3-4,7,15H,5-6,8-9H2,1-2H3. The predicted octanol–water partition coefficient (Wildman–Crippen LogP) is 2.07. The molecule has 3 rings (SSSR count). The number of piperidine rings is 1. The zero-order chi connectivity index (χ0) is 13.5. The average molecular weight is 324 g/mol. The Bertz CT molecular complexity index is 586. The van der Waals surface area contributed by atoms with Gasteiger partial charge in [0.15, 0.2) is 5.65 Å². The van der Waals surface area contributed by atoms with Gasteiger partial charge in [-0.1, -0.05) is 0 Å². The summed E-state index contributed by atoms with van der Waals surface area (Å²) in [6.45, 7) is 4.26. The zero-order valence-corrected chi connectivity index (χ0v) is 12.8. The molecular formula is C13H18BrN5. The fourth-order valence-corrected chi connectivity index (χ4v) is 2.87. The highest BCUT2D eigenvalue weighted by Gasteiger charge is 2.29. The molecule has 1 N–H and O–H groups in total. The first-order chi connectivity index (χ1) is 9.11. The average Bonchev–Trinajstić information content (AvgIpc) is 2.85. The molecule has 1 aliphatic rings. The number of hydrogen-bond donors (Lipinski definition) is 1. The number of aromatic nitrogens is 3. The van der Waals surface area contributed by atoms with Crippen molar-refractivity contribution in [1.82, 2.24) is 19.9 Å². The van der Waals surface area contributed by atoms with Crippen LogP contribution >= 0.6 is 15.9 Å². The van der Waals surface area contributed by atoms with Gasteiger partial charge >= 0.3 is 0 Å². The second-order valence-corrected chi connectivity index (χ2v) is 6.19. The van der Waals surface area contributed by atoms with Crippen molar-refractivity contribution in [2.24, 2.45) is 0 Å². The molecule has 6 heteroatoms. The third-order valence-electron chi connectivity index (χ3n) is 4.06. The predicted molar refractivity (Wildman–Crippen MR) is 79.6 cm³/mol. The van der Waals surface area contributed by atoms with Crippen LogP contribution in [0.15, 0.2) is 22.8 Å². The third kappa shape index (κ3) is 2.34. The van der Waals surface area contributed by atoms with E-state index in [9.17, 15) is 0 Å². The molecule has 19 heavy (non-hydrogen) atoms. The topological polar surface area (TPSA) is 45.5 Å². The fourth-order valence-electron chi connectivity index (χ4n) is 2.45. The van der Waals surface area contributed by atoms with Crippen LogP contribution in [0.1, 0.15) is 19.8 Å². The molecule has 0 spiro atoms. The van der Waals surface area contributed by atoms with Crippen molar-refractivity contribution in [3.05, 3.63) is 22.8 Å². The highest BCUT2D eigenvalue weighted by atomic mass is 79.9. The Balaban J connectivity index is 1.84. The molecule has 5 nitrogen and oxygen atoms in total. The highest BCUT2D eigenvalue weighted by molar-refractivity contribution is 9.10. The number of nitrogens with zero attached hydrogens (tertiary/aromatic N) is 4. The summed E-state index contributed by atoms with van der Waals surface area (Å²) in [5.74, 6) is 0.824. The Kier molecular flexibility index (Phi) is 3.22. The van der Waals surface area contributed by atoms with E-state index in [1.54, 1.807) is 0 Å². The summed E-state index contributed by atoms with van der Waals surface area (Å²) in [6.07, 6.45) is 4.15. The second kappa shape index (κ2) is 4.76. The molecule has 0 unspecified atom stereocenters. The van der Waals surface area contributed by atoms with Gasteiger partial charge in [-0.15, -0.1) is 5.10 Å².